The lowest BCUT2D eigenvalue weighted by Gasteiger charge is -2.20. The van der Waals surface area contributed by atoms with Gasteiger partial charge in [0.25, 0.3) is 0 Å². The number of amides is 1. The molecular weight excluding hydrogens is 246 g/mol. The molecule has 1 saturated carbocycles. The van der Waals surface area contributed by atoms with E-state index in [4.69, 9.17) is 11.0 Å². The van der Waals surface area contributed by atoms with Crippen LogP contribution in [0.5, 0.6) is 0 Å². The lowest BCUT2D eigenvalue weighted by molar-refractivity contribution is -0.120. The van der Waals surface area contributed by atoms with Crippen LogP contribution in [0.4, 0.5) is 5.00 Å². The summed E-state index contributed by atoms with van der Waals surface area (Å²) in [5.74, 6) is -0.163. The fraction of sp³-hybridized carbons (Fsp3) is 0.538. The quantitative estimate of drug-likeness (QED) is 0.804. The van der Waals surface area contributed by atoms with Crippen LogP contribution >= 0.6 is 11.3 Å². The van der Waals surface area contributed by atoms with Gasteiger partial charge < -0.3 is 11.1 Å². The number of rotatable bonds is 2. The summed E-state index contributed by atoms with van der Waals surface area (Å²) in [6.45, 7) is 0. The minimum Gasteiger partial charge on any atom is -0.327 e. The average molecular weight is 263 g/mol. The molecule has 0 bridgehead atoms. The van der Waals surface area contributed by atoms with E-state index in [1.807, 2.05) is 0 Å². The number of anilines is 1. The summed E-state index contributed by atoms with van der Waals surface area (Å²) in [6.07, 6.45) is 5.07. The van der Waals surface area contributed by atoms with Crippen molar-refractivity contribution in [3.8, 4) is 6.07 Å². The fourth-order valence-electron chi connectivity index (χ4n) is 2.36. The topological polar surface area (TPSA) is 78.9 Å². The highest BCUT2D eigenvalue weighted by molar-refractivity contribution is 7.14. The highest BCUT2D eigenvalue weighted by atomic mass is 32.1. The van der Waals surface area contributed by atoms with Crippen molar-refractivity contribution in [1.29, 1.82) is 5.26 Å². The first-order chi connectivity index (χ1) is 8.72. The number of nitrogens with two attached hydrogens (primary N) is 1. The van der Waals surface area contributed by atoms with Crippen LogP contribution in [0.1, 0.15) is 37.7 Å². The summed E-state index contributed by atoms with van der Waals surface area (Å²) in [6, 6.07) is 3.73. The smallest absolute Gasteiger partial charge is 0.229 e. The molecule has 2 unspecified atom stereocenters. The lowest BCUT2D eigenvalue weighted by Crippen LogP contribution is -2.37. The third-order valence-electron chi connectivity index (χ3n) is 3.43. The van der Waals surface area contributed by atoms with Crippen molar-refractivity contribution < 1.29 is 4.79 Å². The first kappa shape index (κ1) is 13.1. The van der Waals surface area contributed by atoms with Gasteiger partial charge in [-0.3, -0.25) is 4.79 Å². The number of hydrogen-bond donors (Lipinski definition) is 2. The molecule has 1 aromatic rings. The maximum absolute atomic E-state index is 12.2. The molecule has 1 fully saturated rings. The van der Waals surface area contributed by atoms with E-state index in [1.54, 1.807) is 11.4 Å². The minimum atomic E-state index is -0.124. The molecular formula is C13H17N3OS. The standard InChI is InChI=1S/C13H17N3OS/c14-8-9-6-7-18-13(9)16-12(17)10-4-2-1-3-5-11(10)15/h6-7,10-11H,1-5,15H2,(H,16,17). The first-order valence-corrected chi connectivity index (χ1v) is 7.14. The van der Waals surface area contributed by atoms with Crippen molar-refractivity contribution in [2.45, 2.75) is 38.1 Å². The molecule has 1 heterocycles. The van der Waals surface area contributed by atoms with Gasteiger partial charge in [-0.05, 0) is 24.3 Å². The molecule has 1 aliphatic carbocycles. The predicted molar refractivity (Wildman–Crippen MR) is 72.2 cm³/mol. The van der Waals surface area contributed by atoms with E-state index in [9.17, 15) is 4.79 Å². The Labute approximate surface area is 111 Å². The van der Waals surface area contributed by atoms with E-state index in [0.717, 1.165) is 32.1 Å². The Bertz CT molecular complexity index is 463. The molecule has 2 rings (SSSR count). The molecule has 4 nitrogen and oxygen atoms in total. The Balaban J connectivity index is 2.05. The van der Waals surface area contributed by atoms with E-state index < -0.39 is 0 Å². The van der Waals surface area contributed by atoms with Gasteiger partial charge in [-0.25, -0.2) is 0 Å². The van der Waals surface area contributed by atoms with Gasteiger partial charge in [0, 0.05) is 6.04 Å². The van der Waals surface area contributed by atoms with E-state index >= 15 is 0 Å². The number of carbonyl (C=O) groups is 1. The highest BCUT2D eigenvalue weighted by Crippen LogP contribution is 2.26. The molecule has 2 atom stereocenters. The second kappa shape index (κ2) is 5.98. The van der Waals surface area contributed by atoms with Gasteiger partial charge in [-0.2, -0.15) is 5.26 Å². The van der Waals surface area contributed by atoms with Crippen LogP contribution in [0, 0.1) is 17.2 Å². The molecule has 96 valence electrons. The van der Waals surface area contributed by atoms with Gasteiger partial charge in [0.15, 0.2) is 0 Å². The summed E-state index contributed by atoms with van der Waals surface area (Å²) in [5.41, 5.74) is 6.58. The molecule has 0 aromatic carbocycles. The normalized spacial score (nSPS) is 24.0. The lowest BCUT2D eigenvalue weighted by atomic mass is 9.94. The molecule has 3 N–H and O–H groups in total. The molecule has 1 aliphatic rings. The monoisotopic (exact) mass is 263 g/mol. The van der Waals surface area contributed by atoms with Gasteiger partial charge in [-0.1, -0.05) is 19.3 Å². The van der Waals surface area contributed by atoms with Crippen molar-refractivity contribution in [2.75, 3.05) is 5.32 Å². The minimum absolute atomic E-state index is 0.0386. The molecule has 0 radical (unpaired) electrons. The van der Waals surface area contributed by atoms with Crippen LogP contribution in [0.2, 0.25) is 0 Å². The molecule has 0 spiro atoms. The van der Waals surface area contributed by atoms with Gasteiger partial charge in [0.1, 0.15) is 11.1 Å². The van der Waals surface area contributed by atoms with Crippen molar-refractivity contribution in [3.63, 3.8) is 0 Å². The zero-order chi connectivity index (χ0) is 13.0. The first-order valence-electron chi connectivity index (χ1n) is 6.26. The fourth-order valence-corrected chi connectivity index (χ4v) is 3.10. The maximum atomic E-state index is 12.2. The van der Waals surface area contributed by atoms with Gasteiger partial charge >= 0.3 is 0 Å². The Morgan fingerprint density at radius 3 is 3.00 bits per heavy atom. The molecule has 0 saturated heterocycles. The van der Waals surface area contributed by atoms with E-state index in [-0.39, 0.29) is 17.9 Å². The second-order valence-electron chi connectivity index (χ2n) is 4.67. The summed E-state index contributed by atoms with van der Waals surface area (Å²) in [7, 11) is 0. The molecule has 1 aromatic heterocycles. The largest absolute Gasteiger partial charge is 0.327 e. The number of carbonyl (C=O) groups excluding carboxylic acids is 1. The van der Waals surface area contributed by atoms with Crippen LogP contribution in [0.15, 0.2) is 11.4 Å². The van der Waals surface area contributed by atoms with Crippen molar-refractivity contribution in [1.82, 2.24) is 0 Å². The maximum Gasteiger partial charge on any atom is 0.229 e. The van der Waals surface area contributed by atoms with E-state index in [2.05, 4.69) is 11.4 Å². The van der Waals surface area contributed by atoms with E-state index in [0.29, 0.717) is 10.6 Å². The summed E-state index contributed by atoms with van der Waals surface area (Å²) in [4.78, 5) is 12.2. The highest BCUT2D eigenvalue weighted by Gasteiger charge is 2.27. The second-order valence-corrected chi connectivity index (χ2v) is 5.59. The zero-order valence-electron chi connectivity index (χ0n) is 10.2. The van der Waals surface area contributed by atoms with Gasteiger partial charge in [0.05, 0.1) is 11.5 Å². The molecule has 5 heteroatoms. The van der Waals surface area contributed by atoms with Crippen molar-refractivity contribution in [2.24, 2.45) is 11.7 Å². The number of nitriles is 1. The number of nitrogens with zero attached hydrogens (tertiary/aromatic N) is 1. The SMILES string of the molecule is N#Cc1ccsc1NC(=O)C1CCCCCC1N. The zero-order valence-corrected chi connectivity index (χ0v) is 11.0. The molecule has 1 amide bonds. The Kier molecular flexibility index (Phi) is 4.34. The van der Waals surface area contributed by atoms with Crippen molar-refractivity contribution in [3.05, 3.63) is 17.0 Å². The Morgan fingerprint density at radius 2 is 2.22 bits per heavy atom. The molecule has 0 aliphatic heterocycles. The van der Waals surface area contributed by atoms with Crippen LogP contribution in [0.25, 0.3) is 0 Å². The average Bonchev–Trinajstić information content (AvgIpc) is 2.69. The number of thiophene rings is 1. The van der Waals surface area contributed by atoms with Gasteiger partial charge in [-0.15, -0.1) is 11.3 Å². The Morgan fingerprint density at radius 1 is 1.44 bits per heavy atom. The third-order valence-corrected chi connectivity index (χ3v) is 4.26. The number of nitrogens with one attached hydrogen (secondary N) is 1. The summed E-state index contributed by atoms with van der Waals surface area (Å²) in [5, 5.41) is 14.2. The van der Waals surface area contributed by atoms with Gasteiger partial charge in [0.2, 0.25) is 5.91 Å². The van der Waals surface area contributed by atoms with E-state index in [1.165, 1.54) is 11.3 Å². The van der Waals surface area contributed by atoms with Crippen LogP contribution in [-0.4, -0.2) is 11.9 Å². The Hall–Kier alpha value is -1.38. The summed E-state index contributed by atoms with van der Waals surface area (Å²) < 4.78 is 0. The third kappa shape index (κ3) is 2.89. The van der Waals surface area contributed by atoms with Crippen molar-refractivity contribution >= 4 is 22.2 Å². The van der Waals surface area contributed by atoms with Crippen LogP contribution in [0.3, 0.4) is 0 Å². The van der Waals surface area contributed by atoms with Crippen LogP contribution in [-0.2, 0) is 4.79 Å². The predicted octanol–water partition coefficient (Wildman–Crippen LogP) is 2.47. The molecule has 18 heavy (non-hydrogen) atoms. The summed E-state index contributed by atoms with van der Waals surface area (Å²) >= 11 is 1.38. The number of hydrogen-bond acceptors (Lipinski definition) is 4. The van der Waals surface area contributed by atoms with Crippen LogP contribution < -0.4 is 11.1 Å².